The van der Waals surface area contributed by atoms with Crippen LogP contribution in [-0.2, 0) is 0 Å². The Labute approximate surface area is 79.7 Å². The van der Waals surface area contributed by atoms with E-state index in [1.54, 1.807) is 0 Å². The Hall–Kier alpha value is 0.310. The first-order valence-electron chi connectivity index (χ1n) is 5.19. The molecule has 0 amide bonds. The van der Waals surface area contributed by atoms with Crippen LogP contribution in [0.3, 0.4) is 0 Å². The minimum absolute atomic E-state index is 0.816. The van der Waals surface area contributed by atoms with Gasteiger partial charge < -0.3 is 5.32 Å². The molecule has 4 unspecified atom stereocenters. The van der Waals surface area contributed by atoms with Crippen LogP contribution in [0, 0.1) is 5.92 Å². The van der Waals surface area contributed by atoms with Gasteiger partial charge in [0.2, 0.25) is 0 Å². The van der Waals surface area contributed by atoms with Crippen molar-refractivity contribution in [2.24, 2.45) is 5.92 Å². The first-order chi connectivity index (χ1) is 5.81. The maximum absolute atomic E-state index is 3.78. The van der Waals surface area contributed by atoms with Gasteiger partial charge in [0, 0.05) is 17.3 Å². The van der Waals surface area contributed by atoms with Crippen LogP contribution in [0.25, 0.3) is 0 Å². The molecule has 4 atom stereocenters. The molecule has 2 aliphatic rings. The number of hydrogen-bond acceptors (Lipinski definition) is 2. The summed E-state index contributed by atoms with van der Waals surface area (Å²) in [6.07, 6.45) is 4.19. The first-order valence-corrected chi connectivity index (χ1v) is 6.23. The molecule has 1 N–H and O–H groups in total. The fourth-order valence-electron chi connectivity index (χ4n) is 2.13. The lowest BCUT2D eigenvalue weighted by Gasteiger charge is -2.16. The van der Waals surface area contributed by atoms with Crippen LogP contribution < -0.4 is 5.32 Å². The fraction of sp³-hybridized carbons (Fsp3) is 1.00. The van der Waals surface area contributed by atoms with Gasteiger partial charge in [-0.2, -0.15) is 11.8 Å². The quantitative estimate of drug-likeness (QED) is 0.724. The molecule has 1 aliphatic carbocycles. The summed E-state index contributed by atoms with van der Waals surface area (Å²) in [5.41, 5.74) is 0. The monoisotopic (exact) mass is 185 g/mol. The average molecular weight is 185 g/mol. The SMILES string of the molecule is CCC1CC1NC1CCSC1C. The highest BCUT2D eigenvalue weighted by molar-refractivity contribution is 8.00. The van der Waals surface area contributed by atoms with E-state index < -0.39 is 0 Å². The van der Waals surface area contributed by atoms with Crippen LogP contribution in [0.1, 0.15) is 33.1 Å². The van der Waals surface area contributed by atoms with Gasteiger partial charge in [-0.3, -0.25) is 0 Å². The minimum Gasteiger partial charge on any atom is -0.310 e. The minimum atomic E-state index is 0.816. The van der Waals surface area contributed by atoms with Crippen LogP contribution in [0.4, 0.5) is 0 Å². The molecule has 0 radical (unpaired) electrons. The second-order valence-electron chi connectivity index (χ2n) is 4.15. The highest BCUT2D eigenvalue weighted by atomic mass is 32.2. The standard InChI is InChI=1S/C10H19NS/c1-3-8-6-10(8)11-9-4-5-12-7(9)2/h7-11H,3-6H2,1-2H3. The van der Waals surface area contributed by atoms with Crippen molar-refractivity contribution in [3.8, 4) is 0 Å². The van der Waals surface area contributed by atoms with Crippen molar-refractivity contribution < 1.29 is 0 Å². The molecule has 12 heavy (non-hydrogen) atoms. The molecule has 0 bridgehead atoms. The van der Waals surface area contributed by atoms with Gasteiger partial charge in [-0.15, -0.1) is 0 Å². The van der Waals surface area contributed by atoms with Crippen molar-refractivity contribution in [3.05, 3.63) is 0 Å². The zero-order valence-corrected chi connectivity index (χ0v) is 8.86. The second kappa shape index (κ2) is 3.59. The summed E-state index contributed by atoms with van der Waals surface area (Å²) in [5, 5.41) is 4.63. The van der Waals surface area contributed by atoms with Gasteiger partial charge in [0.25, 0.3) is 0 Å². The maximum Gasteiger partial charge on any atom is 0.0194 e. The molecule has 1 saturated carbocycles. The zero-order valence-electron chi connectivity index (χ0n) is 8.05. The molecule has 1 nitrogen and oxygen atoms in total. The van der Waals surface area contributed by atoms with E-state index in [-0.39, 0.29) is 0 Å². The van der Waals surface area contributed by atoms with Gasteiger partial charge in [-0.25, -0.2) is 0 Å². The lowest BCUT2D eigenvalue weighted by Crippen LogP contribution is -2.35. The molecule has 0 spiro atoms. The number of nitrogens with one attached hydrogen (secondary N) is 1. The molecule has 1 saturated heterocycles. The van der Waals surface area contributed by atoms with E-state index in [0.717, 1.165) is 23.3 Å². The largest absolute Gasteiger partial charge is 0.310 e. The van der Waals surface area contributed by atoms with Gasteiger partial charge in [0.05, 0.1) is 0 Å². The van der Waals surface area contributed by atoms with Crippen LogP contribution in [0.2, 0.25) is 0 Å². The fourth-order valence-corrected chi connectivity index (χ4v) is 3.34. The maximum atomic E-state index is 3.78. The van der Waals surface area contributed by atoms with Crippen molar-refractivity contribution in [1.82, 2.24) is 5.32 Å². The lowest BCUT2D eigenvalue weighted by molar-refractivity contribution is 0.490. The van der Waals surface area contributed by atoms with Gasteiger partial charge in [0.1, 0.15) is 0 Å². The molecule has 0 aromatic heterocycles. The second-order valence-corrected chi connectivity index (χ2v) is 5.63. The Morgan fingerprint density at radius 3 is 2.75 bits per heavy atom. The molecule has 1 aliphatic heterocycles. The van der Waals surface area contributed by atoms with Crippen molar-refractivity contribution in [2.75, 3.05) is 5.75 Å². The summed E-state index contributed by atoms with van der Waals surface area (Å²) in [6, 6.07) is 1.69. The van der Waals surface area contributed by atoms with E-state index in [0.29, 0.717) is 0 Å². The third-order valence-electron chi connectivity index (χ3n) is 3.25. The number of rotatable bonds is 3. The molecule has 2 fully saturated rings. The lowest BCUT2D eigenvalue weighted by atomic mass is 10.1. The Bertz CT molecular complexity index is 160. The number of thioether (sulfide) groups is 1. The van der Waals surface area contributed by atoms with E-state index in [1.165, 1.54) is 25.0 Å². The van der Waals surface area contributed by atoms with Gasteiger partial charge in [-0.1, -0.05) is 20.3 Å². The molecule has 2 heteroatoms. The van der Waals surface area contributed by atoms with Gasteiger partial charge >= 0.3 is 0 Å². The molecule has 1 heterocycles. The summed E-state index contributed by atoms with van der Waals surface area (Å²) in [6.45, 7) is 4.66. The van der Waals surface area contributed by atoms with Crippen LogP contribution >= 0.6 is 11.8 Å². The van der Waals surface area contributed by atoms with Crippen molar-refractivity contribution in [3.63, 3.8) is 0 Å². The van der Waals surface area contributed by atoms with Crippen LogP contribution in [0.5, 0.6) is 0 Å². The summed E-state index contributed by atoms with van der Waals surface area (Å²) < 4.78 is 0. The third kappa shape index (κ3) is 1.80. The highest BCUT2D eigenvalue weighted by Crippen LogP contribution is 2.36. The van der Waals surface area contributed by atoms with Gasteiger partial charge in [0.15, 0.2) is 0 Å². The molecular weight excluding hydrogens is 166 g/mol. The van der Waals surface area contributed by atoms with Crippen molar-refractivity contribution in [1.29, 1.82) is 0 Å². The Morgan fingerprint density at radius 1 is 1.42 bits per heavy atom. The average Bonchev–Trinajstić information content (AvgIpc) is 2.70. The summed E-state index contributed by atoms with van der Waals surface area (Å²) >= 11 is 2.12. The van der Waals surface area contributed by atoms with Gasteiger partial charge in [-0.05, 0) is 24.5 Å². The van der Waals surface area contributed by atoms with E-state index >= 15 is 0 Å². The summed E-state index contributed by atoms with van der Waals surface area (Å²) in [4.78, 5) is 0. The molecular formula is C10H19NS. The Morgan fingerprint density at radius 2 is 2.25 bits per heavy atom. The highest BCUT2D eigenvalue weighted by Gasteiger charge is 2.38. The molecule has 0 aromatic carbocycles. The normalized spacial score (nSPS) is 46.5. The van der Waals surface area contributed by atoms with E-state index in [2.05, 4.69) is 30.9 Å². The zero-order chi connectivity index (χ0) is 8.55. The first kappa shape index (κ1) is 8.89. The predicted octanol–water partition coefficient (Wildman–Crippen LogP) is 2.27. The molecule has 70 valence electrons. The van der Waals surface area contributed by atoms with E-state index in [4.69, 9.17) is 0 Å². The molecule has 0 aromatic rings. The topological polar surface area (TPSA) is 12.0 Å². The van der Waals surface area contributed by atoms with Crippen molar-refractivity contribution in [2.45, 2.75) is 50.4 Å². The summed E-state index contributed by atoms with van der Waals surface area (Å²) in [7, 11) is 0. The number of hydrogen-bond donors (Lipinski definition) is 1. The molecule has 2 rings (SSSR count). The van der Waals surface area contributed by atoms with E-state index in [1.807, 2.05) is 0 Å². The Balaban J connectivity index is 1.73. The van der Waals surface area contributed by atoms with Crippen molar-refractivity contribution >= 4 is 11.8 Å². The Kier molecular flexibility index (Phi) is 2.66. The predicted molar refractivity (Wildman–Crippen MR) is 55.6 cm³/mol. The third-order valence-corrected chi connectivity index (χ3v) is 4.58. The van der Waals surface area contributed by atoms with Crippen LogP contribution in [0.15, 0.2) is 0 Å². The smallest absolute Gasteiger partial charge is 0.0194 e. The summed E-state index contributed by atoms with van der Waals surface area (Å²) in [5.74, 6) is 2.37. The van der Waals surface area contributed by atoms with E-state index in [9.17, 15) is 0 Å². The van der Waals surface area contributed by atoms with Crippen LogP contribution in [-0.4, -0.2) is 23.1 Å².